The minimum Gasteiger partial charge on any atom is -0.481 e. The Kier molecular flexibility index (Phi) is 6.61. The highest BCUT2D eigenvalue weighted by molar-refractivity contribution is 5.76. The van der Waals surface area contributed by atoms with Crippen LogP contribution in [0.15, 0.2) is 36.4 Å². The number of aryl methyl sites for hydroxylation is 1. The van der Waals surface area contributed by atoms with Gasteiger partial charge in [-0.3, -0.25) is 14.5 Å². The molecule has 1 aromatic carbocycles. The first kappa shape index (κ1) is 21.4. The first-order valence-corrected chi connectivity index (χ1v) is 11.1. The molecule has 7 heteroatoms. The fourth-order valence-corrected chi connectivity index (χ4v) is 4.94. The van der Waals surface area contributed by atoms with Crippen LogP contribution in [0.3, 0.4) is 0 Å². The molecule has 7 nitrogen and oxygen atoms in total. The molecule has 4 heterocycles. The molecule has 2 N–H and O–H groups in total. The summed E-state index contributed by atoms with van der Waals surface area (Å²) in [6.07, 6.45) is 2.89. The second-order valence-corrected chi connectivity index (χ2v) is 8.68. The quantitative estimate of drug-likeness (QED) is 0.679. The molecular weight excluding hydrogens is 392 g/mol. The number of hydrogen-bond donors (Lipinski definition) is 2. The SMILES string of the molecule is Cc1nc(-c2ccccc2)cc(C2CN3CCC2CC3CNC(=O)CCCC(=O)O)n1. The monoisotopic (exact) mass is 422 g/mol. The minimum atomic E-state index is -0.857. The molecule has 3 saturated heterocycles. The van der Waals surface area contributed by atoms with Crippen molar-refractivity contribution in [1.82, 2.24) is 20.2 Å². The molecule has 3 aliphatic heterocycles. The fourth-order valence-electron chi connectivity index (χ4n) is 4.94. The number of piperidine rings is 3. The molecule has 0 spiro atoms. The van der Waals surface area contributed by atoms with Crippen LogP contribution in [0.4, 0.5) is 0 Å². The van der Waals surface area contributed by atoms with Crippen LogP contribution >= 0.6 is 0 Å². The lowest BCUT2D eigenvalue weighted by Gasteiger charge is -2.49. The van der Waals surface area contributed by atoms with Crippen LogP contribution in [0.2, 0.25) is 0 Å². The number of aromatic nitrogens is 2. The molecule has 4 atom stereocenters. The summed E-state index contributed by atoms with van der Waals surface area (Å²) in [4.78, 5) is 34.5. The van der Waals surface area contributed by atoms with Crippen LogP contribution in [0.1, 0.15) is 49.5 Å². The molecule has 1 amide bonds. The molecule has 1 aromatic heterocycles. The van der Waals surface area contributed by atoms with Gasteiger partial charge in [0.05, 0.1) is 5.69 Å². The molecular formula is C24H30N4O3. The molecule has 3 aliphatic rings. The number of amides is 1. The number of benzene rings is 1. The van der Waals surface area contributed by atoms with Gasteiger partial charge in [-0.1, -0.05) is 30.3 Å². The van der Waals surface area contributed by atoms with Gasteiger partial charge in [-0.05, 0) is 44.7 Å². The van der Waals surface area contributed by atoms with E-state index in [1.54, 1.807) is 0 Å². The van der Waals surface area contributed by atoms with E-state index < -0.39 is 5.97 Å². The number of carbonyl (C=O) groups is 2. The number of carboxylic acids is 1. The van der Waals surface area contributed by atoms with E-state index in [-0.39, 0.29) is 18.7 Å². The van der Waals surface area contributed by atoms with Gasteiger partial charge >= 0.3 is 5.97 Å². The number of hydrogen-bond acceptors (Lipinski definition) is 5. The van der Waals surface area contributed by atoms with Crippen LogP contribution in [-0.4, -0.2) is 57.5 Å². The van der Waals surface area contributed by atoms with Crippen molar-refractivity contribution < 1.29 is 14.7 Å². The van der Waals surface area contributed by atoms with Crippen LogP contribution in [-0.2, 0) is 9.59 Å². The molecule has 3 fully saturated rings. The Morgan fingerprint density at radius 2 is 2.00 bits per heavy atom. The summed E-state index contributed by atoms with van der Waals surface area (Å²) in [5.74, 6) is 0.833. The normalized spacial score (nSPS) is 24.7. The molecule has 2 aromatic rings. The Morgan fingerprint density at radius 1 is 1.19 bits per heavy atom. The standard InChI is InChI=1S/C24H30N4O3/c1-16-26-21(17-6-3-2-4-7-17)13-22(27-16)20-15-28-11-10-18(20)12-19(28)14-25-23(29)8-5-9-24(30)31/h2-4,6-7,13,18-20H,5,8-12,14-15H2,1H3,(H,25,29)(H,30,31). The highest BCUT2D eigenvalue weighted by Crippen LogP contribution is 2.41. The maximum Gasteiger partial charge on any atom is 0.303 e. The number of nitrogens with one attached hydrogen (secondary N) is 1. The number of aliphatic carboxylic acids is 1. The van der Waals surface area contributed by atoms with Gasteiger partial charge in [0.25, 0.3) is 0 Å². The highest BCUT2D eigenvalue weighted by Gasteiger charge is 2.41. The van der Waals surface area contributed by atoms with Gasteiger partial charge in [0, 0.05) is 49.1 Å². The number of fused-ring (bicyclic) bond motifs is 3. The predicted octanol–water partition coefficient (Wildman–Crippen LogP) is 3.00. The van der Waals surface area contributed by atoms with Crippen molar-refractivity contribution in [3.63, 3.8) is 0 Å². The average Bonchev–Trinajstić information content (AvgIpc) is 2.78. The summed E-state index contributed by atoms with van der Waals surface area (Å²) < 4.78 is 0. The maximum absolute atomic E-state index is 12.0. The zero-order chi connectivity index (χ0) is 21.8. The third-order valence-corrected chi connectivity index (χ3v) is 6.52. The maximum atomic E-state index is 12.0. The van der Waals surface area contributed by atoms with Crippen molar-refractivity contribution in [3.8, 4) is 11.3 Å². The molecule has 0 saturated carbocycles. The van der Waals surface area contributed by atoms with Gasteiger partial charge in [-0.15, -0.1) is 0 Å². The molecule has 2 bridgehead atoms. The van der Waals surface area contributed by atoms with Crippen molar-refractivity contribution in [2.75, 3.05) is 19.6 Å². The third-order valence-electron chi connectivity index (χ3n) is 6.52. The first-order chi connectivity index (χ1) is 15.0. The molecule has 0 aliphatic carbocycles. The second-order valence-electron chi connectivity index (χ2n) is 8.68. The lowest BCUT2D eigenvalue weighted by atomic mass is 9.74. The average molecular weight is 423 g/mol. The molecule has 164 valence electrons. The van der Waals surface area contributed by atoms with Crippen molar-refractivity contribution in [2.24, 2.45) is 5.92 Å². The summed E-state index contributed by atoms with van der Waals surface area (Å²) in [6.45, 7) is 4.60. The van der Waals surface area contributed by atoms with E-state index in [1.807, 2.05) is 25.1 Å². The van der Waals surface area contributed by atoms with Crippen LogP contribution in [0.25, 0.3) is 11.3 Å². The van der Waals surface area contributed by atoms with Gasteiger partial charge in [0.1, 0.15) is 5.82 Å². The number of carboxylic acid groups (broad SMARTS) is 1. The Balaban J connectivity index is 1.38. The minimum absolute atomic E-state index is 0.0377. The van der Waals surface area contributed by atoms with Crippen LogP contribution in [0, 0.1) is 12.8 Å². The summed E-state index contributed by atoms with van der Waals surface area (Å²) in [6, 6.07) is 12.7. The molecule has 5 rings (SSSR count). The lowest BCUT2D eigenvalue weighted by Crippen LogP contribution is -2.56. The zero-order valence-corrected chi connectivity index (χ0v) is 18.0. The van der Waals surface area contributed by atoms with Crippen molar-refractivity contribution in [2.45, 2.75) is 51.0 Å². The van der Waals surface area contributed by atoms with E-state index in [0.717, 1.165) is 48.7 Å². The summed E-state index contributed by atoms with van der Waals surface area (Å²) in [5.41, 5.74) is 3.21. The topological polar surface area (TPSA) is 95.4 Å². The Labute approximate surface area is 182 Å². The third kappa shape index (κ3) is 5.28. The van der Waals surface area contributed by atoms with Crippen molar-refractivity contribution in [3.05, 3.63) is 47.9 Å². The highest BCUT2D eigenvalue weighted by atomic mass is 16.4. The van der Waals surface area contributed by atoms with Crippen molar-refractivity contribution >= 4 is 11.9 Å². The fraction of sp³-hybridized carbons (Fsp3) is 0.500. The van der Waals surface area contributed by atoms with Crippen LogP contribution < -0.4 is 5.32 Å². The molecule has 0 radical (unpaired) electrons. The van der Waals surface area contributed by atoms with E-state index in [0.29, 0.717) is 30.8 Å². The van der Waals surface area contributed by atoms with Gasteiger partial charge in [0.15, 0.2) is 0 Å². The van der Waals surface area contributed by atoms with E-state index in [9.17, 15) is 9.59 Å². The molecule has 4 unspecified atom stereocenters. The lowest BCUT2D eigenvalue weighted by molar-refractivity contribution is -0.137. The van der Waals surface area contributed by atoms with E-state index in [4.69, 9.17) is 10.1 Å². The smallest absolute Gasteiger partial charge is 0.303 e. The Hall–Kier alpha value is -2.80. The number of carbonyl (C=O) groups excluding carboxylic acids is 1. The zero-order valence-electron chi connectivity index (χ0n) is 18.0. The van der Waals surface area contributed by atoms with E-state index in [2.05, 4.69) is 33.4 Å². The summed E-state index contributed by atoms with van der Waals surface area (Å²) in [7, 11) is 0. The van der Waals surface area contributed by atoms with Gasteiger partial charge in [-0.25, -0.2) is 9.97 Å². The van der Waals surface area contributed by atoms with Gasteiger partial charge in [0.2, 0.25) is 5.91 Å². The number of rotatable bonds is 8. The van der Waals surface area contributed by atoms with Crippen molar-refractivity contribution in [1.29, 1.82) is 0 Å². The number of nitrogens with zero attached hydrogens (tertiary/aromatic N) is 3. The van der Waals surface area contributed by atoms with Gasteiger partial charge in [-0.2, -0.15) is 0 Å². The van der Waals surface area contributed by atoms with Gasteiger partial charge < -0.3 is 10.4 Å². The second kappa shape index (κ2) is 9.56. The molecule has 31 heavy (non-hydrogen) atoms. The van der Waals surface area contributed by atoms with Crippen LogP contribution in [0.5, 0.6) is 0 Å². The van der Waals surface area contributed by atoms with E-state index >= 15 is 0 Å². The Bertz CT molecular complexity index is 934. The first-order valence-electron chi connectivity index (χ1n) is 11.1. The summed E-state index contributed by atoms with van der Waals surface area (Å²) >= 11 is 0. The largest absolute Gasteiger partial charge is 0.481 e. The predicted molar refractivity (Wildman–Crippen MR) is 118 cm³/mol. The summed E-state index contributed by atoms with van der Waals surface area (Å²) in [5, 5.41) is 11.7. The van der Waals surface area contributed by atoms with E-state index in [1.165, 1.54) is 0 Å². The Morgan fingerprint density at radius 3 is 2.71 bits per heavy atom.